The highest BCUT2D eigenvalue weighted by molar-refractivity contribution is 4.92. The summed E-state index contributed by atoms with van der Waals surface area (Å²) in [6, 6.07) is 0. The number of allylic oxidation sites excluding steroid dienone is 2. The van der Waals surface area contributed by atoms with E-state index in [0.29, 0.717) is 51.5 Å². The monoisotopic (exact) mass is 326 g/mol. The Kier molecular flexibility index (Phi) is 6.22. The van der Waals surface area contributed by atoms with Gasteiger partial charge in [-0.25, -0.2) is 0 Å². The Balaban J connectivity index is 1.85. The summed E-state index contributed by atoms with van der Waals surface area (Å²) in [5.74, 6) is 1.24. The molecule has 2 saturated heterocycles. The quantitative estimate of drug-likeness (QED) is 0.746. The molecule has 0 spiro atoms. The molecule has 23 heavy (non-hydrogen) atoms. The Morgan fingerprint density at radius 3 is 1.39 bits per heavy atom. The van der Waals surface area contributed by atoms with Gasteiger partial charge in [0.15, 0.2) is 0 Å². The lowest BCUT2D eigenvalue weighted by Crippen LogP contribution is -2.44. The molecule has 0 atom stereocenters. The first-order valence-corrected chi connectivity index (χ1v) is 8.52. The van der Waals surface area contributed by atoms with Gasteiger partial charge in [0.1, 0.15) is 26.4 Å². The summed E-state index contributed by atoms with van der Waals surface area (Å²) >= 11 is 0. The molecule has 0 aliphatic carbocycles. The first kappa shape index (κ1) is 18.0. The molecule has 2 aliphatic heterocycles. The van der Waals surface area contributed by atoms with Crippen LogP contribution in [-0.2, 0) is 23.7 Å². The Hall–Kier alpha value is -1.36. The SMILES string of the molecule is CC=C1OCC(CC)(COCC2(CC)COC(=CC)OC2)CO1. The van der Waals surface area contributed by atoms with E-state index in [2.05, 4.69) is 13.8 Å². The van der Waals surface area contributed by atoms with Crippen molar-refractivity contribution in [3.63, 3.8) is 0 Å². The molecular formula is C18H30O5. The van der Waals surface area contributed by atoms with E-state index in [4.69, 9.17) is 23.7 Å². The fraction of sp³-hybridized carbons (Fsp3) is 0.778. The van der Waals surface area contributed by atoms with Crippen LogP contribution in [0, 0.1) is 10.8 Å². The van der Waals surface area contributed by atoms with E-state index in [1.165, 1.54) is 0 Å². The zero-order valence-corrected chi connectivity index (χ0v) is 14.9. The molecule has 2 rings (SSSR count). The lowest BCUT2D eigenvalue weighted by molar-refractivity contribution is -0.159. The van der Waals surface area contributed by atoms with E-state index in [0.717, 1.165) is 12.8 Å². The van der Waals surface area contributed by atoms with Crippen molar-refractivity contribution in [2.75, 3.05) is 39.6 Å². The first-order valence-electron chi connectivity index (χ1n) is 8.52. The highest BCUT2D eigenvalue weighted by Crippen LogP contribution is 2.33. The Labute approximate surface area is 139 Å². The third-order valence-corrected chi connectivity index (χ3v) is 4.87. The minimum atomic E-state index is -0.0771. The van der Waals surface area contributed by atoms with Gasteiger partial charge in [-0.1, -0.05) is 13.8 Å². The van der Waals surface area contributed by atoms with Crippen LogP contribution in [-0.4, -0.2) is 39.6 Å². The molecule has 0 aromatic rings. The molecule has 0 aromatic carbocycles. The summed E-state index contributed by atoms with van der Waals surface area (Å²) in [6.45, 7) is 11.9. The molecule has 0 saturated carbocycles. The summed E-state index contributed by atoms with van der Waals surface area (Å²) in [4.78, 5) is 0. The molecule has 2 heterocycles. The maximum Gasteiger partial charge on any atom is 0.274 e. The molecule has 5 heteroatoms. The van der Waals surface area contributed by atoms with Crippen molar-refractivity contribution in [2.45, 2.75) is 40.5 Å². The zero-order chi connectivity index (χ0) is 16.8. The van der Waals surface area contributed by atoms with Crippen LogP contribution in [0.2, 0.25) is 0 Å². The summed E-state index contributed by atoms with van der Waals surface area (Å²) in [5, 5.41) is 0. The van der Waals surface area contributed by atoms with Crippen LogP contribution in [0.3, 0.4) is 0 Å². The van der Waals surface area contributed by atoms with Gasteiger partial charge in [-0.2, -0.15) is 0 Å². The fourth-order valence-electron chi connectivity index (χ4n) is 2.66. The smallest absolute Gasteiger partial charge is 0.274 e. The Bertz CT molecular complexity index is 381. The van der Waals surface area contributed by atoms with Crippen molar-refractivity contribution in [1.82, 2.24) is 0 Å². The predicted molar refractivity (Wildman–Crippen MR) is 87.6 cm³/mol. The van der Waals surface area contributed by atoms with Crippen LogP contribution >= 0.6 is 0 Å². The molecular weight excluding hydrogens is 296 g/mol. The van der Waals surface area contributed by atoms with Crippen molar-refractivity contribution in [2.24, 2.45) is 10.8 Å². The van der Waals surface area contributed by atoms with Crippen LogP contribution in [0.1, 0.15) is 40.5 Å². The van der Waals surface area contributed by atoms with Crippen LogP contribution in [0.25, 0.3) is 0 Å². The second-order valence-corrected chi connectivity index (χ2v) is 6.57. The van der Waals surface area contributed by atoms with Gasteiger partial charge in [-0.15, -0.1) is 0 Å². The van der Waals surface area contributed by atoms with Gasteiger partial charge in [0.2, 0.25) is 0 Å². The summed E-state index contributed by atoms with van der Waals surface area (Å²) in [5.41, 5.74) is -0.154. The normalized spacial score (nSPS) is 30.6. The predicted octanol–water partition coefficient (Wildman–Crippen LogP) is 3.61. The standard InChI is InChI=1S/C18H30O5/c1-5-15-20-11-17(7-3,12-21-15)9-19-10-18(8-4)13-22-16(6-2)23-14-18/h5-6H,7-14H2,1-4H3. The molecule has 132 valence electrons. The zero-order valence-electron chi connectivity index (χ0n) is 14.9. The first-order chi connectivity index (χ1) is 11.1. The molecule has 0 N–H and O–H groups in total. The van der Waals surface area contributed by atoms with E-state index < -0.39 is 0 Å². The minimum Gasteiger partial charge on any atom is -0.465 e. The summed E-state index contributed by atoms with van der Waals surface area (Å²) in [6.07, 6.45) is 5.61. The van der Waals surface area contributed by atoms with Crippen LogP contribution in [0.15, 0.2) is 24.0 Å². The lowest BCUT2D eigenvalue weighted by atomic mass is 9.86. The van der Waals surface area contributed by atoms with Crippen molar-refractivity contribution in [3.8, 4) is 0 Å². The van der Waals surface area contributed by atoms with E-state index in [1.54, 1.807) is 0 Å². The maximum atomic E-state index is 6.08. The van der Waals surface area contributed by atoms with Crippen LogP contribution in [0.5, 0.6) is 0 Å². The highest BCUT2D eigenvalue weighted by atomic mass is 16.7. The van der Waals surface area contributed by atoms with Gasteiger partial charge >= 0.3 is 0 Å². The third-order valence-electron chi connectivity index (χ3n) is 4.87. The van der Waals surface area contributed by atoms with E-state index in [1.807, 2.05) is 26.0 Å². The number of hydrogen-bond acceptors (Lipinski definition) is 5. The molecule has 5 nitrogen and oxygen atoms in total. The van der Waals surface area contributed by atoms with Crippen molar-refractivity contribution in [1.29, 1.82) is 0 Å². The fourth-order valence-corrected chi connectivity index (χ4v) is 2.66. The molecule has 0 bridgehead atoms. The van der Waals surface area contributed by atoms with Gasteiger partial charge < -0.3 is 23.7 Å². The minimum absolute atomic E-state index is 0.0771. The largest absolute Gasteiger partial charge is 0.465 e. The van der Waals surface area contributed by atoms with Gasteiger partial charge in [0.25, 0.3) is 11.9 Å². The second kappa shape index (κ2) is 7.95. The molecule has 0 amide bonds. The van der Waals surface area contributed by atoms with E-state index in [-0.39, 0.29) is 10.8 Å². The molecule has 0 unspecified atom stereocenters. The molecule has 2 aliphatic rings. The van der Waals surface area contributed by atoms with Crippen molar-refractivity contribution >= 4 is 0 Å². The third kappa shape index (κ3) is 4.34. The average molecular weight is 326 g/mol. The number of rotatable bonds is 6. The van der Waals surface area contributed by atoms with Gasteiger partial charge in [0, 0.05) is 0 Å². The topological polar surface area (TPSA) is 46.2 Å². The van der Waals surface area contributed by atoms with Crippen LogP contribution in [0.4, 0.5) is 0 Å². The number of hydrogen-bond donors (Lipinski definition) is 0. The van der Waals surface area contributed by atoms with E-state index in [9.17, 15) is 0 Å². The Morgan fingerprint density at radius 1 is 0.783 bits per heavy atom. The summed E-state index contributed by atoms with van der Waals surface area (Å²) in [7, 11) is 0. The average Bonchev–Trinajstić information content (AvgIpc) is 2.63. The second-order valence-electron chi connectivity index (χ2n) is 6.57. The summed E-state index contributed by atoms with van der Waals surface area (Å²) < 4.78 is 28.7. The van der Waals surface area contributed by atoms with Gasteiger partial charge in [0.05, 0.1) is 24.0 Å². The van der Waals surface area contributed by atoms with Gasteiger partial charge in [-0.3, -0.25) is 0 Å². The van der Waals surface area contributed by atoms with Gasteiger partial charge in [-0.05, 0) is 38.8 Å². The van der Waals surface area contributed by atoms with Crippen molar-refractivity contribution < 1.29 is 23.7 Å². The molecule has 2 fully saturated rings. The van der Waals surface area contributed by atoms with Crippen molar-refractivity contribution in [3.05, 3.63) is 24.0 Å². The van der Waals surface area contributed by atoms with E-state index >= 15 is 0 Å². The lowest BCUT2D eigenvalue weighted by Gasteiger charge is -2.39. The Morgan fingerprint density at radius 2 is 1.13 bits per heavy atom. The maximum absolute atomic E-state index is 6.08. The molecule has 0 radical (unpaired) electrons. The molecule has 0 aromatic heterocycles. The number of ether oxygens (including phenoxy) is 5. The van der Waals surface area contributed by atoms with Crippen LogP contribution < -0.4 is 0 Å². The highest BCUT2D eigenvalue weighted by Gasteiger charge is 2.38.